The van der Waals surface area contributed by atoms with Crippen LogP contribution < -0.4 is 5.32 Å². The highest BCUT2D eigenvalue weighted by molar-refractivity contribution is 6.32. The van der Waals surface area contributed by atoms with Crippen molar-refractivity contribution in [3.63, 3.8) is 0 Å². The van der Waals surface area contributed by atoms with Crippen LogP contribution in [0.1, 0.15) is 35.6 Å². The molecule has 0 fully saturated rings. The molecule has 2 nitrogen and oxygen atoms in total. The van der Waals surface area contributed by atoms with Crippen LogP contribution in [-0.2, 0) is 6.42 Å². The molecule has 1 aromatic heterocycles. The van der Waals surface area contributed by atoms with E-state index in [2.05, 4.69) is 12.2 Å². The zero-order valence-corrected chi connectivity index (χ0v) is 11.7. The van der Waals surface area contributed by atoms with Crippen LogP contribution in [0.3, 0.4) is 0 Å². The molecule has 0 radical (unpaired) electrons. The third-order valence-electron chi connectivity index (χ3n) is 3.14. The van der Waals surface area contributed by atoms with Gasteiger partial charge in [-0.2, -0.15) is 0 Å². The third-order valence-corrected chi connectivity index (χ3v) is 3.65. The molecule has 1 atom stereocenters. The summed E-state index contributed by atoms with van der Waals surface area (Å²) >= 11 is 6.38. The highest BCUT2D eigenvalue weighted by Crippen LogP contribution is 2.31. The lowest BCUT2D eigenvalue weighted by Crippen LogP contribution is -2.17. The summed E-state index contributed by atoms with van der Waals surface area (Å²) in [6.45, 7) is 4.09. The van der Waals surface area contributed by atoms with Gasteiger partial charge in [-0.1, -0.05) is 36.7 Å². The first kappa shape index (κ1) is 13.2. The van der Waals surface area contributed by atoms with Gasteiger partial charge in [-0.15, -0.1) is 0 Å². The number of benzene rings is 1. The molecule has 0 saturated carbocycles. The van der Waals surface area contributed by atoms with E-state index < -0.39 is 0 Å². The van der Waals surface area contributed by atoms with E-state index in [-0.39, 0.29) is 6.04 Å². The van der Waals surface area contributed by atoms with E-state index in [9.17, 15) is 0 Å². The Morgan fingerprint density at radius 1 is 1.28 bits per heavy atom. The summed E-state index contributed by atoms with van der Waals surface area (Å²) in [7, 11) is 1.91. The Morgan fingerprint density at radius 3 is 2.67 bits per heavy atom. The Morgan fingerprint density at radius 2 is 2.06 bits per heavy atom. The van der Waals surface area contributed by atoms with Crippen molar-refractivity contribution in [1.82, 2.24) is 5.32 Å². The maximum absolute atomic E-state index is 6.38. The molecule has 0 aliphatic heterocycles. The minimum atomic E-state index is -0.00213. The van der Waals surface area contributed by atoms with Gasteiger partial charge in [0.15, 0.2) is 0 Å². The van der Waals surface area contributed by atoms with Gasteiger partial charge in [-0.3, -0.25) is 0 Å². The number of hydrogen-bond donors (Lipinski definition) is 1. The largest absolute Gasteiger partial charge is 0.464 e. The molecule has 0 bridgehead atoms. The molecule has 3 heteroatoms. The normalized spacial score (nSPS) is 12.7. The molecule has 0 spiro atoms. The Balaban J connectivity index is 2.41. The summed E-state index contributed by atoms with van der Waals surface area (Å²) in [4.78, 5) is 0. The van der Waals surface area contributed by atoms with Gasteiger partial charge in [0.25, 0.3) is 0 Å². The van der Waals surface area contributed by atoms with Crippen LogP contribution in [0.25, 0.3) is 0 Å². The smallest absolute Gasteiger partial charge is 0.125 e. The first-order valence-electron chi connectivity index (χ1n) is 6.18. The van der Waals surface area contributed by atoms with E-state index >= 15 is 0 Å². The second-order valence-corrected chi connectivity index (χ2v) is 4.74. The summed E-state index contributed by atoms with van der Waals surface area (Å²) in [5.74, 6) is 1.90. The lowest BCUT2D eigenvalue weighted by Gasteiger charge is -2.16. The van der Waals surface area contributed by atoms with Gasteiger partial charge in [0.2, 0.25) is 0 Å². The van der Waals surface area contributed by atoms with E-state index in [1.807, 2.05) is 44.3 Å². The summed E-state index contributed by atoms with van der Waals surface area (Å²) < 4.78 is 5.81. The topological polar surface area (TPSA) is 25.2 Å². The van der Waals surface area contributed by atoms with E-state index in [0.29, 0.717) is 0 Å². The zero-order valence-electron chi connectivity index (χ0n) is 11.0. The highest BCUT2D eigenvalue weighted by atomic mass is 35.5. The molecule has 1 unspecified atom stereocenters. The van der Waals surface area contributed by atoms with Gasteiger partial charge in [0.1, 0.15) is 11.5 Å². The van der Waals surface area contributed by atoms with Gasteiger partial charge in [0, 0.05) is 11.4 Å². The molecule has 96 valence electrons. The van der Waals surface area contributed by atoms with E-state index in [4.69, 9.17) is 16.0 Å². The van der Waals surface area contributed by atoms with Gasteiger partial charge in [0.05, 0.1) is 6.04 Å². The molecule has 2 rings (SSSR count). The van der Waals surface area contributed by atoms with E-state index in [1.54, 1.807) is 0 Å². The predicted molar refractivity (Wildman–Crippen MR) is 75.2 cm³/mol. The van der Waals surface area contributed by atoms with Crippen molar-refractivity contribution in [3.8, 4) is 0 Å². The summed E-state index contributed by atoms with van der Waals surface area (Å²) in [5, 5.41) is 4.06. The fourth-order valence-corrected chi connectivity index (χ4v) is 2.32. The molecule has 0 saturated heterocycles. The maximum atomic E-state index is 6.38. The van der Waals surface area contributed by atoms with E-state index in [1.165, 1.54) is 0 Å². The van der Waals surface area contributed by atoms with Crippen molar-refractivity contribution in [3.05, 3.63) is 58.0 Å². The Labute approximate surface area is 113 Å². The predicted octanol–water partition coefficient (Wildman–Crippen LogP) is 4.11. The minimum Gasteiger partial charge on any atom is -0.464 e. The van der Waals surface area contributed by atoms with Crippen LogP contribution in [0.15, 0.2) is 34.7 Å². The average Bonchev–Trinajstić information content (AvgIpc) is 2.84. The second kappa shape index (κ2) is 5.59. The van der Waals surface area contributed by atoms with Crippen molar-refractivity contribution in [2.45, 2.75) is 26.3 Å². The molecule has 18 heavy (non-hydrogen) atoms. The summed E-state index contributed by atoms with van der Waals surface area (Å²) in [6.07, 6.45) is 0.901. The van der Waals surface area contributed by atoms with Crippen molar-refractivity contribution in [2.75, 3.05) is 7.05 Å². The fourth-order valence-electron chi connectivity index (χ4n) is 2.08. The molecule has 1 N–H and O–H groups in total. The molecule has 0 amide bonds. The van der Waals surface area contributed by atoms with Gasteiger partial charge >= 0.3 is 0 Å². The van der Waals surface area contributed by atoms with Crippen LogP contribution in [0, 0.1) is 6.92 Å². The first-order chi connectivity index (χ1) is 8.67. The number of nitrogens with one attached hydrogen (secondary N) is 1. The molecular formula is C15H18ClNO. The second-order valence-electron chi connectivity index (χ2n) is 4.36. The van der Waals surface area contributed by atoms with Crippen molar-refractivity contribution < 1.29 is 4.42 Å². The van der Waals surface area contributed by atoms with E-state index in [0.717, 1.165) is 34.1 Å². The Hall–Kier alpha value is -1.25. The quantitative estimate of drug-likeness (QED) is 0.898. The lowest BCUT2D eigenvalue weighted by atomic mass is 10.0. The summed E-state index contributed by atoms with van der Waals surface area (Å²) in [6, 6.07) is 10.1. The van der Waals surface area contributed by atoms with Crippen LogP contribution in [-0.4, -0.2) is 7.05 Å². The summed E-state index contributed by atoms with van der Waals surface area (Å²) in [5.41, 5.74) is 2.13. The number of hydrogen-bond acceptors (Lipinski definition) is 2. The van der Waals surface area contributed by atoms with Crippen molar-refractivity contribution in [1.29, 1.82) is 0 Å². The molecule has 0 aliphatic carbocycles. The van der Waals surface area contributed by atoms with Crippen LogP contribution in [0.2, 0.25) is 5.02 Å². The van der Waals surface area contributed by atoms with Crippen molar-refractivity contribution >= 4 is 11.6 Å². The first-order valence-corrected chi connectivity index (χ1v) is 6.56. The number of rotatable bonds is 4. The molecule has 2 aromatic rings. The molecule has 1 heterocycles. The van der Waals surface area contributed by atoms with Crippen molar-refractivity contribution in [2.24, 2.45) is 0 Å². The van der Waals surface area contributed by atoms with Gasteiger partial charge < -0.3 is 9.73 Å². The Kier molecular flexibility index (Phi) is 4.10. The molecule has 0 aliphatic rings. The Bertz CT molecular complexity index is 533. The number of furan rings is 1. The fraction of sp³-hybridized carbons (Fsp3) is 0.333. The minimum absolute atomic E-state index is 0.00213. The number of halogens is 1. The third kappa shape index (κ3) is 2.45. The highest BCUT2D eigenvalue weighted by Gasteiger charge is 2.19. The SMILES string of the molecule is CCc1ccc(C(NC)c2cccc(C)c2Cl)o1. The molecule has 1 aromatic carbocycles. The average molecular weight is 264 g/mol. The van der Waals surface area contributed by atoms with Crippen LogP contribution >= 0.6 is 11.6 Å². The van der Waals surface area contributed by atoms with Crippen LogP contribution in [0.4, 0.5) is 0 Å². The standard InChI is InChI=1S/C15H18ClNO/c1-4-11-8-9-13(18-11)15(17-3)12-7-5-6-10(2)14(12)16/h5-9,15,17H,4H2,1-3H3. The maximum Gasteiger partial charge on any atom is 0.125 e. The number of aryl methyl sites for hydroxylation is 2. The molecular weight excluding hydrogens is 246 g/mol. The lowest BCUT2D eigenvalue weighted by molar-refractivity contribution is 0.434. The monoisotopic (exact) mass is 263 g/mol. The van der Waals surface area contributed by atoms with Gasteiger partial charge in [-0.25, -0.2) is 0 Å². The van der Waals surface area contributed by atoms with Gasteiger partial charge in [-0.05, 0) is 37.2 Å². The zero-order chi connectivity index (χ0) is 13.1. The van der Waals surface area contributed by atoms with Crippen LogP contribution in [0.5, 0.6) is 0 Å².